The van der Waals surface area contributed by atoms with Gasteiger partial charge in [-0.3, -0.25) is 0 Å². The molecule has 0 amide bonds. The number of carbonyl (C=O) groups excluding carboxylic acids is 1. The molecular formula is C12H5Cl4NO2. The molecule has 98 valence electrons. The Morgan fingerprint density at radius 2 is 1.68 bits per heavy atom. The average Bonchev–Trinajstić information content (AvgIpc) is 2.38. The Kier molecular flexibility index (Phi) is 4.53. The number of nitrogens with zero attached hydrogens (tertiary/aromatic N) is 1. The van der Waals surface area contributed by atoms with Gasteiger partial charge in [-0.2, -0.15) is 0 Å². The van der Waals surface area contributed by atoms with Gasteiger partial charge in [0.2, 0.25) is 5.88 Å². The van der Waals surface area contributed by atoms with Gasteiger partial charge in [-0.15, -0.1) is 0 Å². The fraction of sp³-hybridized carbons (Fsp3) is 0. The number of benzene rings is 1. The molecule has 0 bridgehead atoms. The lowest BCUT2D eigenvalue weighted by atomic mass is 10.2. The van der Waals surface area contributed by atoms with Gasteiger partial charge in [0.05, 0.1) is 25.7 Å². The van der Waals surface area contributed by atoms with Gasteiger partial charge in [0, 0.05) is 12.3 Å². The van der Waals surface area contributed by atoms with Crippen molar-refractivity contribution >= 4 is 52.4 Å². The molecule has 0 aliphatic heterocycles. The molecule has 2 aromatic rings. The first-order valence-corrected chi connectivity index (χ1v) is 6.47. The first-order valence-electron chi connectivity index (χ1n) is 4.95. The Balaban J connectivity index is 2.23. The van der Waals surface area contributed by atoms with E-state index in [4.69, 9.17) is 51.1 Å². The van der Waals surface area contributed by atoms with E-state index in [1.807, 2.05) is 0 Å². The van der Waals surface area contributed by atoms with Crippen LogP contribution in [-0.4, -0.2) is 11.0 Å². The molecule has 0 unspecified atom stereocenters. The average molecular weight is 337 g/mol. The summed E-state index contributed by atoms with van der Waals surface area (Å²) in [5.41, 5.74) is 0.177. The third-order valence-corrected chi connectivity index (χ3v) is 3.54. The molecule has 0 atom stereocenters. The van der Waals surface area contributed by atoms with Crippen LogP contribution in [0.4, 0.5) is 0 Å². The van der Waals surface area contributed by atoms with E-state index in [1.165, 1.54) is 24.4 Å². The van der Waals surface area contributed by atoms with Gasteiger partial charge in [-0.05, 0) is 18.2 Å². The summed E-state index contributed by atoms with van der Waals surface area (Å²) in [5, 5.41) is 0.970. The molecule has 3 nitrogen and oxygen atoms in total. The second-order valence-corrected chi connectivity index (χ2v) is 5.09. The van der Waals surface area contributed by atoms with E-state index in [0.717, 1.165) is 0 Å². The van der Waals surface area contributed by atoms with Crippen LogP contribution in [-0.2, 0) is 0 Å². The molecule has 1 aromatic carbocycles. The van der Waals surface area contributed by atoms with Crippen molar-refractivity contribution in [3.05, 3.63) is 56.1 Å². The molecule has 0 spiro atoms. The fourth-order valence-electron chi connectivity index (χ4n) is 1.25. The zero-order valence-corrected chi connectivity index (χ0v) is 12.2. The van der Waals surface area contributed by atoms with Crippen molar-refractivity contribution < 1.29 is 9.53 Å². The van der Waals surface area contributed by atoms with E-state index < -0.39 is 5.97 Å². The molecule has 0 fully saturated rings. The fourth-order valence-corrected chi connectivity index (χ4v) is 1.96. The molecule has 0 aliphatic rings. The molecule has 0 saturated heterocycles. The smallest absolute Gasteiger partial charge is 0.344 e. The summed E-state index contributed by atoms with van der Waals surface area (Å²) in [6.07, 6.45) is 1.37. The Bertz CT molecular complexity index is 605. The van der Waals surface area contributed by atoms with E-state index in [-0.39, 0.29) is 26.5 Å². The summed E-state index contributed by atoms with van der Waals surface area (Å²) in [6.45, 7) is 0. The lowest BCUT2D eigenvalue weighted by Gasteiger charge is -2.05. The molecular weight excluding hydrogens is 332 g/mol. The van der Waals surface area contributed by atoms with E-state index in [1.54, 1.807) is 6.07 Å². The number of aromatic nitrogens is 1. The molecule has 1 aromatic heterocycles. The molecule has 0 aliphatic carbocycles. The second kappa shape index (κ2) is 5.97. The van der Waals surface area contributed by atoms with Crippen molar-refractivity contribution in [2.75, 3.05) is 0 Å². The lowest BCUT2D eigenvalue weighted by Crippen LogP contribution is -2.09. The van der Waals surface area contributed by atoms with Crippen LogP contribution in [0.3, 0.4) is 0 Å². The minimum atomic E-state index is -0.643. The van der Waals surface area contributed by atoms with Gasteiger partial charge >= 0.3 is 5.97 Å². The topological polar surface area (TPSA) is 39.2 Å². The number of hydrogen-bond acceptors (Lipinski definition) is 3. The zero-order chi connectivity index (χ0) is 14.0. The Morgan fingerprint density at radius 1 is 1.05 bits per heavy atom. The Morgan fingerprint density at radius 3 is 2.21 bits per heavy atom. The number of carbonyl (C=O) groups is 1. The number of ether oxygens (including phenoxy) is 1. The Hall–Kier alpha value is -1.000. The SMILES string of the molecule is O=C(Oc1ccc(Cl)cn1)c1cc(Cl)c(Cl)c(Cl)c1. The molecule has 7 heteroatoms. The van der Waals surface area contributed by atoms with Crippen LogP contribution in [0.25, 0.3) is 0 Å². The van der Waals surface area contributed by atoms with Gasteiger partial charge in [0.1, 0.15) is 0 Å². The van der Waals surface area contributed by atoms with Gasteiger partial charge in [-0.1, -0.05) is 46.4 Å². The van der Waals surface area contributed by atoms with E-state index >= 15 is 0 Å². The highest BCUT2D eigenvalue weighted by atomic mass is 35.5. The number of rotatable bonds is 2. The van der Waals surface area contributed by atoms with Crippen molar-refractivity contribution in [2.24, 2.45) is 0 Å². The molecule has 0 radical (unpaired) electrons. The number of pyridine rings is 1. The van der Waals surface area contributed by atoms with Gasteiger partial charge in [0.25, 0.3) is 0 Å². The first-order chi connectivity index (χ1) is 8.97. The van der Waals surface area contributed by atoms with Crippen molar-refractivity contribution in [1.29, 1.82) is 0 Å². The largest absolute Gasteiger partial charge is 0.404 e. The standard InChI is InChI=1S/C12H5Cl4NO2/c13-7-1-2-10(17-5-7)19-12(18)6-3-8(14)11(16)9(15)4-6/h1-5H. The number of esters is 1. The molecule has 2 rings (SSSR count). The van der Waals surface area contributed by atoms with E-state index in [0.29, 0.717) is 5.02 Å². The van der Waals surface area contributed by atoms with E-state index in [2.05, 4.69) is 4.98 Å². The number of halogens is 4. The van der Waals surface area contributed by atoms with Gasteiger partial charge in [0.15, 0.2) is 0 Å². The summed E-state index contributed by atoms with van der Waals surface area (Å²) < 4.78 is 5.04. The maximum Gasteiger partial charge on any atom is 0.344 e. The first kappa shape index (κ1) is 14.4. The molecule has 0 N–H and O–H groups in total. The highest BCUT2D eigenvalue weighted by molar-refractivity contribution is 6.48. The van der Waals surface area contributed by atoms with E-state index in [9.17, 15) is 4.79 Å². The van der Waals surface area contributed by atoms with Crippen molar-refractivity contribution in [3.8, 4) is 5.88 Å². The summed E-state index contributed by atoms with van der Waals surface area (Å²) in [7, 11) is 0. The third-order valence-electron chi connectivity index (χ3n) is 2.12. The van der Waals surface area contributed by atoms with Crippen LogP contribution in [0.15, 0.2) is 30.5 Å². The van der Waals surface area contributed by atoms with Crippen LogP contribution in [0.1, 0.15) is 10.4 Å². The van der Waals surface area contributed by atoms with Gasteiger partial charge < -0.3 is 4.74 Å². The molecule has 1 heterocycles. The lowest BCUT2D eigenvalue weighted by molar-refractivity contribution is 0.0727. The molecule has 19 heavy (non-hydrogen) atoms. The van der Waals surface area contributed by atoms with Crippen LogP contribution in [0.2, 0.25) is 20.1 Å². The minimum Gasteiger partial charge on any atom is -0.404 e. The van der Waals surface area contributed by atoms with Crippen LogP contribution in [0.5, 0.6) is 5.88 Å². The van der Waals surface area contributed by atoms with Gasteiger partial charge in [-0.25, -0.2) is 9.78 Å². The van der Waals surface area contributed by atoms with Crippen molar-refractivity contribution in [1.82, 2.24) is 4.98 Å². The highest BCUT2D eigenvalue weighted by Crippen LogP contribution is 2.31. The molecule has 0 saturated carbocycles. The maximum atomic E-state index is 11.9. The van der Waals surface area contributed by atoms with Crippen LogP contribution in [0, 0.1) is 0 Å². The maximum absolute atomic E-state index is 11.9. The monoisotopic (exact) mass is 335 g/mol. The van der Waals surface area contributed by atoms with Crippen molar-refractivity contribution in [2.45, 2.75) is 0 Å². The second-order valence-electron chi connectivity index (χ2n) is 3.46. The third kappa shape index (κ3) is 3.51. The zero-order valence-electron chi connectivity index (χ0n) is 9.16. The predicted octanol–water partition coefficient (Wildman–Crippen LogP) is 4.91. The summed E-state index contributed by atoms with van der Waals surface area (Å²) >= 11 is 23.1. The van der Waals surface area contributed by atoms with Crippen LogP contribution >= 0.6 is 46.4 Å². The highest BCUT2D eigenvalue weighted by Gasteiger charge is 2.14. The normalized spacial score (nSPS) is 10.3. The van der Waals surface area contributed by atoms with Crippen molar-refractivity contribution in [3.63, 3.8) is 0 Å². The quantitative estimate of drug-likeness (QED) is 0.577. The summed E-state index contributed by atoms with van der Waals surface area (Å²) in [6, 6.07) is 5.76. The summed E-state index contributed by atoms with van der Waals surface area (Å²) in [4.78, 5) is 15.7. The van der Waals surface area contributed by atoms with Crippen LogP contribution < -0.4 is 4.74 Å². The predicted molar refractivity (Wildman–Crippen MR) is 75.7 cm³/mol. The number of hydrogen-bond donors (Lipinski definition) is 0. The Labute approximate surface area is 129 Å². The minimum absolute atomic E-state index is 0.122. The summed E-state index contributed by atoms with van der Waals surface area (Å²) in [5.74, 6) is -0.521.